The first kappa shape index (κ1) is 18.4. The summed E-state index contributed by atoms with van der Waals surface area (Å²) in [5.41, 5.74) is 2.41. The highest BCUT2D eigenvalue weighted by Gasteiger charge is 2.11. The summed E-state index contributed by atoms with van der Waals surface area (Å²) in [5, 5.41) is 8.95. The first-order valence-corrected chi connectivity index (χ1v) is 8.09. The third kappa shape index (κ3) is 6.21. The molecule has 0 radical (unpaired) electrons. The van der Waals surface area contributed by atoms with Gasteiger partial charge in [-0.2, -0.15) is 5.26 Å². The average Bonchev–Trinajstić information content (AvgIpc) is 2.64. The van der Waals surface area contributed by atoms with Gasteiger partial charge in [-0.3, -0.25) is 9.78 Å². The molecule has 0 bridgehead atoms. The number of benzene rings is 1. The molecule has 1 aromatic carbocycles. The maximum absolute atomic E-state index is 12.6. The second kappa shape index (κ2) is 9.36. The van der Waals surface area contributed by atoms with Crippen molar-refractivity contribution >= 4 is 12.0 Å². The van der Waals surface area contributed by atoms with Crippen molar-refractivity contribution in [2.75, 3.05) is 27.2 Å². The van der Waals surface area contributed by atoms with Crippen molar-refractivity contribution in [1.29, 1.82) is 5.26 Å². The number of rotatable bonds is 7. The fourth-order valence-electron chi connectivity index (χ4n) is 2.28. The van der Waals surface area contributed by atoms with Crippen LogP contribution in [0, 0.1) is 11.3 Å². The summed E-state index contributed by atoms with van der Waals surface area (Å²) >= 11 is 0. The fraction of sp³-hybridized carbons (Fsp3) is 0.250. The average molecular weight is 334 g/mol. The van der Waals surface area contributed by atoms with Gasteiger partial charge in [0.25, 0.3) is 0 Å². The van der Waals surface area contributed by atoms with E-state index in [2.05, 4.69) is 11.1 Å². The number of pyridine rings is 1. The number of nitrogens with zero attached hydrogens (tertiary/aromatic N) is 4. The maximum atomic E-state index is 12.6. The first-order chi connectivity index (χ1) is 12.1. The highest BCUT2D eigenvalue weighted by atomic mass is 16.2. The number of likely N-dealkylation sites (N-methyl/N-ethyl adjacent to an activating group) is 1. The van der Waals surface area contributed by atoms with Gasteiger partial charge >= 0.3 is 0 Å². The van der Waals surface area contributed by atoms with E-state index in [0.29, 0.717) is 18.7 Å². The molecule has 0 atom stereocenters. The van der Waals surface area contributed by atoms with Crippen LogP contribution in [0.1, 0.15) is 16.7 Å². The van der Waals surface area contributed by atoms with E-state index in [1.165, 1.54) is 0 Å². The molecule has 1 heterocycles. The number of hydrogen-bond acceptors (Lipinski definition) is 4. The Bertz CT molecular complexity index is 763. The summed E-state index contributed by atoms with van der Waals surface area (Å²) < 4.78 is 0. The predicted molar refractivity (Wildman–Crippen MR) is 98.4 cm³/mol. The van der Waals surface area contributed by atoms with E-state index in [9.17, 15) is 4.79 Å². The van der Waals surface area contributed by atoms with E-state index < -0.39 is 0 Å². The molecular formula is C20H22N4O. The van der Waals surface area contributed by atoms with Crippen molar-refractivity contribution in [2.45, 2.75) is 6.54 Å². The number of hydrogen-bond donors (Lipinski definition) is 0. The Morgan fingerprint density at radius 1 is 1.24 bits per heavy atom. The number of amides is 1. The fourth-order valence-corrected chi connectivity index (χ4v) is 2.28. The molecule has 0 spiro atoms. The number of carbonyl (C=O) groups excluding carboxylic acids is 1. The normalized spacial score (nSPS) is 10.8. The molecule has 0 unspecified atom stereocenters. The smallest absolute Gasteiger partial charge is 0.246 e. The monoisotopic (exact) mass is 334 g/mol. The van der Waals surface area contributed by atoms with Crippen molar-refractivity contribution in [3.8, 4) is 6.07 Å². The molecule has 5 heteroatoms. The summed E-state index contributed by atoms with van der Waals surface area (Å²) in [7, 11) is 3.96. The third-order valence-electron chi connectivity index (χ3n) is 3.66. The van der Waals surface area contributed by atoms with Crippen LogP contribution in [-0.4, -0.2) is 47.9 Å². The minimum absolute atomic E-state index is 0.0620. The molecule has 0 saturated carbocycles. The van der Waals surface area contributed by atoms with E-state index in [1.54, 1.807) is 41.6 Å². The van der Waals surface area contributed by atoms with Crippen LogP contribution >= 0.6 is 0 Å². The summed E-state index contributed by atoms with van der Waals surface area (Å²) in [6, 6.07) is 13.1. The summed E-state index contributed by atoms with van der Waals surface area (Å²) in [6.45, 7) is 1.93. The Labute approximate surface area is 148 Å². The molecule has 0 aliphatic carbocycles. The van der Waals surface area contributed by atoms with Crippen LogP contribution in [-0.2, 0) is 11.3 Å². The standard InChI is InChI=1S/C20H22N4O/c1-23(2)11-12-24(16-19-7-4-10-22-15-19)20(25)9-8-17-5-3-6-18(13-17)14-21/h3-10,13,15H,11-12,16H2,1-2H3/b9-8-. The highest BCUT2D eigenvalue weighted by molar-refractivity contribution is 5.91. The van der Waals surface area contributed by atoms with E-state index in [-0.39, 0.29) is 5.91 Å². The molecule has 5 nitrogen and oxygen atoms in total. The van der Waals surface area contributed by atoms with Gasteiger partial charge in [-0.05, 0) is 49.5 Å². The minimum Gasteiger partial charge on any atom is -0.333 e. The Hall–Kier alpha value is -2.97. The van der Waals surface area contributed by atoms with Crippen LogP contribution in [0.5, 0.6) is 0 Å². The van der Waals surface area contributed by atoms with E-state index >= 15 is 0 Å². The lowest BCUT2D eigenvalue weighted by atomic mass is 10.1. The van der Waals surface area contributed by atoms with Crippen molar-refractivity contribution < 1.29 is 4.79 Å². The molecule has 2 aromatic rings. The number of carbonyl (C=O) groups is 1. The lowest BCUT2D eigenvalue weighted by Gasteiger charge is -2.23. The minimum atomic E-state index is -0.0620. The zero-order valence-corrected chi connectivity index (χ0v) is 14.6. The molecular weight excluding hydrogens is 312 g/mol. The molecule has 128 valence electrons. The Morgan fingerprint density at radius 3 is 2.76 bits per heavy atom. The van der Waals surface area contributed by atoms with Crippen LogP contribution in [0.2, 0.25) is 0 Å². The second-order valence-corrected chi connectivity index (χ2v) is 5.99. The summed E-state index contributed by atoms with van der Waals surface area (Å²) in [4.78, 5) is 20.6. The van der Waals surface area contributed by atoms with Crippen molar-refractivity contribution in [3.05, 3.63) is 71.6 Å². The van der Waals surface area contributed by atoms with Gasteiger partial charge in [0.2, 0.25) is 5.91 Å². The van der Waals surface area contributed by atoms with Gasteiger partial charge in [0.05, 0.1) is 11.6 Å². The SMILES string of the molecule is CN(C)CCN(Cc1cccnc1)C(=O)/C=C\c1cccc(C#N)c1. The predicted octanol–water partition coefficient (Wildman–Crippen LogP) is 2.56. The molecule has 2 rings (SSSR count). The first-order valence-electron chi connectivity index (χ1n) is 8.09. The highest BCUT2D eigenvalue weighted by Crippen LogP contribution is 2.08. The van der Waals surface area contributed by atoms with Gasteiger partial charge in [-0.15, -0.1) is 0 Å². The van der Waals surface area contributed by atoms with E-state index in [4.69, 9.17) is 5.26 Å². The molecule has 1 amide bonds. The number of aromatic nitrogens is 1. The van der Waals surface area contributed by atoms with Crippen LogP contribution in [0.3, 0.4) is 0 Å². The molecule has 1 aromatic heterocycles. The third-order valence-corrected chi connectivity index (χ3v) is 3.66. The van der Waals surface area contributed by atoms with E-state index in [1.807, 2.05) is 43.3 Å². The second-order valence-electron chi connectivity index (χ2n) is 5.99. The Morgan fingerprint density at radius 2 is 2.08 bits per heavy atom. The molecule has 0 fully saturated rings. The zero-order valence-electron chi connectivity index (χ0n) is 14.6. The van der Waals surface area contributed by atoms with Gasteiger partial charge in [-0.25, -0.2) is 0 Å². The lowest BCUT2D eigenvalue weighted by Crippen LogP contribution is -2.35. The van der Waals surface area contributed by atoms with Gasteiger partial charge in [0, 0.05) is 38.1 Å². The van der Waals surface area contributed by atoms with Crippen LogP contribution in [0.15, 0.2) is 54.9 Å². The van der Waals surface area contributed by atoms with Crippen LogP contribution in [0.25, 0.3) is 6.08 Å². The molecule has 0 aliphatic rings. The zero-order chi connectivity index (χ0) is 18.1. The molecule has 0 N–H and O–H groups in total. The Balaban J connectivity index is 2.10. The molecule has 0 saturated heterocycles. The largest absolute Gasteiger partial charge is 0.333 e. The van der Waals surface area contributed by atoms with E-state index in [0.717, 1.165) is 17.7 Å². The topological polar surface area (TPSA) is 60.2 Å². The quantitative estimate of drug-likeness (QED) is 0.730. The lowest BCUT2D eigenvalue weighted by molar-refractivity contribution is -0.126. The summed E-state index contributed by atoms with van der Waals surface area (Å²) in [5.74, 6) is -0.0620. The maximum Gasteiger partial charge on any atom is 0.246 e. The van der Waals surface area contributed by atoms with Gasteiger partial charge in [-0.1, -0.05) is 18.2 Å². The van der Waals surface area contributed by atoms with Crippen LogP contribution in [0.4, 0.5) is 0 Å². The molecule has 25 heavy (non-hydrogen) atoms. The Kier molecular flexibility index (Phi) is 6.87. The number of nitriles is 1. The summed E-state index contributed by atoms with van der Waals surface area (Å²) in [6.07, 6.45) is 6.80. The van der Waals surface area contributed by atoms with Crippen molar-refractivity contribution in [3.63, 3.8) is 0 Å². The van der Waals surface area contributed by atoms with Gasteiger partial charge in [0.1, 0.15) is 0 Å². The molecule has 0 aliphatic heterocycles. The van der Waals surface area contributed by atoms with Gasteiger partial charge in [0.15, 0.2) is 0 Å². The van der Waals surface area contributed by atoms with Crippen LogP contribution < -0.4 is 0 Å². The van der Waals surface area contributed by atoms with Crippen molar-refractivity contribution in [1.82, 2.24) is 14.8 Å². The van der Waals surface area contributed by atoms with Gasteiger partial charge < -0.3 is 9.80 Å². The van der Waals surface area contributed by atoms with Crippen molar-refractivity contribution in [2.24, 2.45) is 0 Å².